The van der Waals surface area contributed by atoms with Crippen LogP contribution >= 0.6 is 0 Å². The fourth-order valence-electron chi connectivity index (χ4n) is 16.3. The number of para-hydroxylation sites is 8. The molecule has 21 aromatic rings. The Bertz CT molecular complexity index is 6230. The van der Waals surface area contributed by atoms with Crippen LogP contribution in [-0.2, 0) is 0 Å². The Labute approximate surface area is 558 Å². The smallest absolute Gasteiger partial charge is 0.184 e. The van der Waals surface area contributed by atoms with Gasteiger partial charge in [-0.3, -0.25) is 0 Å². The predicted molar refractivity (Wildman–Crippen MR) is 408 cm³/mol. The second-order valence-corrected chi connectivity index (χ2v) is 29.2. The van der Waals surface area contributed by atoms with E-state index in [-0.39, 0.29) is 0 Å². The molecule has 0 bridgehead atoms. The first-order valence-corrected chi connectivity index (χ1v) is 35.2. The summed E-state index contributed by atoms with van der Waals surface area (Å²) in [5.41, 5.74) is 17.6. The van der Waals surface area contributed by atoms with Gasteiger partial charge in [-0.1, -0.05) is 237 Å². The number of furan rings is 2. The SMILES string of the molecule is c1ccc([Si](c2ccccc2)(c2ccccc2)c2cc(-n3c4ccccc4c4ccccc43)cc3c2oc2ccc(-n4c5ccccc5c5ccccc54)cc23)cc1.c1ccc2c(c1)c1ccccc1n2-c1ccc2oc3ccc(-n4c5ccccc5c5ccccc54)cc3c2c1. The monoisotopic (exact) mass is 1250 g/mol. The molecule has 0 aliphatic heterocycles. The molecule has 6 nitrogen and oxygen atoms in total. The molecule has 21 rings (SSSR count). The molecule has 0 radical (unpaired) electrons. The zero-order valence-electron chi connectivity index (χ0n) is 52.6. The van der Waals surface area contributed by atoms with Gasteiger partial charge in [-0.2, -0.15) is 0 Å². The Hall–Kier alpha value is -12.7. The Morgan fingerprint density at radius 2 is 0.423 bits per heavy atom. The summed E-state index contributed by atoms with van der Waals surface area (Å²) >= 11 is 0. The number of hydrogen-bond donors (Lipinski definition) is 0. The Kier molecular flexibility index (Phi) is 12.3. The molecular formula is C90H58N4O2Si. The van der Waals surface area contributed by atoms with Crippen LogP contribution in [0.5, 0.6) is 0 Å². The quantitative estimate of drug-likeness (QED) is 0.112. The molecule has 454 valence electrons. The van der Waals surface area contributed by atoms with Gasteiger partial charge in [0, 0.05) is 87.4 Å². The summed E-state index contributed by atoms with van der Waals surface area (Å²) in [4.78, 5) is 0. The number of fused-ring (bicyclic) bond motifs is 18. The van der Waals surface area contributed by atoms with Gasteiger partial charge in [-0.05, 0) is 136 Å². The van der Waals surface area contributed by atoms with Crippen molar-refractivity contribution < 1.29 is 8.83 Å². The summed E-state index contributed by atoms with van der Waals surface area (Å²) in [5.74, 6) is 0. The molecule has 0 unspecified atom stereocenters. The third kappa shape index (κ3) is 8.26. The van der Waals surface area contributed by atoms with Gasteiger partial charge in [0.05, 0.1) is 44.1 Å². The van der Waals surface area contributed by atoms with Gasteiger partial charge in [-0.25, -0.2) is 0 Å². The second kappa shape index (κ2) is 21.7. The molecule has 0 spiro atoms. The van der Waals surface area contributed by atoms with Crippen molar-refractivity contribution in [2.45, 2.75) is 0 Å². The summed E-state index contributed by atoms with van der Waals surface area (Å²) in [6.45, 7) is 0. The molecule has 0 amide bonds. The molecule has 0 saturated carbocycles. The lowest BCUT2D eigenvalue weighted by atomic mass is 10.1. The van der Waals surface area contributed by atoms with E-state index in [2.05, 4.69) is 370 Å². The van der Waals surface area contributed by atoms with Gasteiger partial charge in [0.2, 0.25) is 0 Å². The van der Waals surface area contributed by atoms with Crippen LogP contribution in [0.4, 0.5) is 0 Å². The minimum atomic E-state index is -3.06. The highest BCUT2D eigenvalue weighted by Gasteiger charge is 2.44. The van der Waals surface area contributed by atoms with Gasteiger partial charge in [0.1, 0.15) is 22.3 Å². The number of aromatic nitrogens is 4. The van der Waals surface area contributed by atoms with Gasteiger partial charge < -0.3 is 27.1 Å². The van der Waals surface area contributed by atoms with E-state index in [0.717, 1.165) is 66.6 Å². The van der Waals surface area contributed by atoms with E-state index in [0.29, 0.717) is 0 Å². The number of benzene rings is 15. The van der Waals surface area contributed by atoms with Gasteiger partial charge >= 0.3 is 0 Å². The van der Waals surface area contributed by atoms with E-state index in [4.69, 9.17) is 8.83 Å². The van der Waals surface area contributed by atoms with Crippen molar-refractivity contribution in [3.63, 3.8) is 0 Å². The van der Waals surface area contributed by atoms with Crippen molar-refractivity contribution in [3.8, 4) is 22.7 Å². The van der Waals surface area contributed by atoms with Crippen molar-refractivity contribution in [2.75, 3.05) is 0 Å². The van der Waals surface area contributed by atoms with Crippen LogP contribution in [0, 0.1) is 0 Å². The Morgan fingerprint density at radius 3 is 0.722 bits per heavy atom. The molecule has 0 atom stereocenters. The highest BCUT2D eigenvalue weighted by molar-refractivity contribution is 7.20. The summed E-state index contributed by atoms with van der Waals surface area (Å²) in [5, 5.41) is 19.6. The molecule has 0 saturated heterocycles. The first kappa shape index (κ1) is 54.8. The molecule has 15 aromatic carbocycles. The lowest BCUT2D eigenvalue weighted by molar-refractivity contribution is 0.668. The third-order valence-electron chi connectivity index (χ3n) is 20.4. The highest BCUT2D eigenvalue weighted by Crippen LogP contribution is 2.41. The van der Waals surface area contributed by atoms with E-state index < -0.39 is 8.07 Å². The number of nitrogens with zero attached hydrogens (tertiary/aromatic N) is 4. The maximum atomic E-state index is 7.26. The van der Waals surface area contributed by atoms with Crippen LogP contribution in [0.2, 0.25) is 0 Å². The minimum Gasteiger partial charge on any atom is -0.456 e. The predicted octanol–water partition coefficient (Wildman–Crippen LogP) is 20.9. The molecule has 7 heteroatoms. The minimum absolute atomic E-state index is 0.872. The fourth-order valence-corrected chi connectivity index (χ4v) is 21.2. The number of rotatable bonds is 8. The normalized spacial score (nSPS) is 12.1. The molecule has 0 aliphatic rings. The van der Waals surface area contributed by atoms with Gasteiger partial charge in [0.15, 0.2) is 8.07 Å². The van der Waals surface area contributed by atoms with Gasteiger partial charge in [0.25, 0.3) is 0 Å². The fraction of sp³-hybridized carbons (Fsp3) is 0. The molecule has 97 heavy (non-hydrogen) atoms. The average molecular weight is 1260 g/mol. The van der Waals surface area contributed by atoms with Crippen LogP contribution in [0.15, 0.2) is 361 Å². The van der Waals surface area contributed by atoms with E-state index >= 15 is 0 Å². The van der Waals surface area contributed by atoms with Crippen LogP contribution in [0.1, 0.15) is 0 Å². The first-order chi connectivity index (χ1) is 48.1. The van der Waals surface area contributed by atoms with Crippen LogP contribution in [-0.4, -0.2) is 26.3 Å². The van der Waals surface area contributed by atoms with Crippen molar-refractivity contribution in [1.29, 1.82) is 0 Å². The summed E-state index contributed by atoms with van der Waals surface area (Å²) < 4.78 is 23.2. The van der Waals surface area contributed by atoms with Crippen molar-refractivity contribution in [2.24, 2.45) is 0 Å². The Morgan fingerprint density at radius 1 is 0.186 bits per heavy atom. The molecule has 0 aliphatic carbocycles. The third-order valence-corrected chi connectivity index (χ3v) is 25.1. The maximum Gasteiger partial charge on any atom is 0.184 e. The second-order valence-electron chi connectivity index (χ2n) is 25.4. The largest absolute Gasteiger partial charge is 0.456 e. The number of hydrogen-bond acceptors (Lipinski definition) is 2. The van der Waals surface area contributed by atoms with Crippen molar-refractivity contribution >= 4 is 160 Å². The average Bonchev–Trinajstić information content (AvgIpc) is 1.47. The van der Waals surface area contributed by atoms with Crippen molar-refractivity contribution in [3.05, 3.63) is 352 Å². The summed E-state index contributed by atoms with van der Waals surface area (Å²) in [6.07, 6.45) is 0. The topological polar surface area (TPSA) is 46.0 Å². The zero-order chi connectivity index (χ0) is 63.7. The van der Waals surface area contributed by atoms with Gasteiger partial charge in [-0.15, -0.1) is 0 Å². The van der Waals surface area contributed by atoms with E-state index in [1.54, 1.807) is 0 Å². The Balaban J connectivity index is 0.000000142. The zero-order valence-corrected chi connectivity index (χ0v) is 53.6. The summed E-state index contributed by atoms with van der Waals surface area (Å²) in [6, 6.07) is 128. The summed E-state index contributed by atoms with van der Waals surface area (Å²) in [7, 11) is -3.06. The lowest BCUT2D eigenvalue weighted by Gasteiger charge is -2.34. The van der Waals surface area contributed by atoms with E-state index in [1.807, 2.05) is 0 Å². The van der Waals surface area contributed by atoms with E-state index in [9.17, 15) is 0 Å². The molecule has 6 heterocycles. The molecular weight excluding hydrogens is 1200 g/mol. The van der Waals surface area contributed by atoms with Crippen LogP contribution < -0.4 is 20.7 Å². The maximum absolute atomic E-state index is 7.26. The molecule has 0 fully saturated rings. The van der Waals surface area contributed by atoms with E-state index in [1.165, 1.54) is 108 Å². The van der Waals surface area contributed by atoms with Crippen LogP contribution in [0.3, 0.4) is 0 Å². The first-order valence-electron chi connectivity index (χ1n) is 33.2. The molecule has 6 aromatic heterocycles. The highest BCUT2D eigenvalue weighted by atomic mass is 28.3. The van der Waals surface area contributed by atoms with Crippen molar-refractivity contribution in [1.82, 2.24) is 18.3 Å². The standard InChI is InChI=1S/C54H36N2OSi.C36H22N2O/c1-4-18-39(19-5-1)58(40-20-6-2-7-21-40,41-22-8-3-9-23-41)53-36-38(56-50-30-16-12-26-44(50)45-27-13-17-31-51(45)56)35-47-46-34-37(32-33-52(46)57-54(47)53)55-48-28-14-10-24-42(48)43-25-11-15-29-49(43)55;1-5-13-31-25(9-1)26-10-2-6-14-32(26)37(31)23-17-19-35-29(21-23)30-22-24(18-20-36(30)39-35)38-33-15-7-3-11-27(33)28-12-4-8-16-34(28)38/h1-36H;1-22H. The van der Waals surface area contributed by atoms with Crippen LogP contribution in [0.25, 0.3) is 154 Å². The molecule has 0 N–H and O–H groups in total. The lowest BCUT2D eigenvalue weighted by Crippen LogP contribution is -2.74.